The summed E-state index contributed by atoms with van der Waals surface area (Å²) in [5, 5.41) is 33.4. The third-order valence-corrected chi connectivity index (χ3v) is 6.75. The van der Waals surface area contributed by atoms with Crippen molar-refractivity contribution in [1.82, 2.24) is 9.97 Å². The van der Waals surface area contributed by atoms with E-state index in [0.717, 1.165) is 94.3 Å². The number of nitrogens with zero attached hydrogens (tertiary/aromatic N) is 4. The van der Waals surface area contributed by atoms with Gasteiger partial charge < -0.3 is 9.97 Å². The molecule has 0 radical (unpaired) electrons. The van der Waals surface area contributed by atoms with Crippen LogP contribution in [0.5, 0.6) is 0 Å². The summed E-state index contributed by atoms with van der Waals surface area (Å²) in [6, 6.07) is 9.74. The first kappa shape index (κ1) is 20.3. The van der Waals surface area contributed by atoms with Gasteiger partial charge in [-0.05, 0) is 61.8 Å². The standard InChI is InChI=1S/C24H20N6O4/c31-29(32)13-7-9-19-17(11-13)15-3-1-5-21(23(15)25-19)27-28-22-6-2-4-16-18-12-14(30(33)34)8-10-20(18)26-24(16)22/h7-12,25-26H,1-6H2/b27-21-,28-22-. The van der Waals surface area contributed by atoms with Gasteiger partial charge in [0.25, 0.3) is 11.4 Å². The molecule has 0 saturated carbocycles. The molecule has 0 amide bonds. The van der Waals surface area contributed by atoms with Gasteiger partial charge in [0, 0.05) is 46.1 Å². The smallest absolute Gasteiger partial charge is 0.270 e. The van der Waals surface area contributed by atoms with E-state index in [4.69, 9.17) is 0 Å². The minimum absolute atomic E-state index is 0.0763. The van der Waals surface area contributed by atoms with Gasteiger partial charge in [-0.15, -0.1) is 0 Å². The molecule has 2 heterocycles. The van der Waals surface area contributed by atoms with Crippen LogP contribution in [0.15, 0.2) is 46.6 Å². The topological polar surface area (TPSA) is 143 Å². The molecule has 0 saturated heterocycles. The Labute approximate surface area is 192 Å². The summed E-state index contributed by atoms with van der Waals surface area (Å²) in [6.45, 7) is 0. The number of aryl methyl sites for hydroxylation is 2. The molecule has 10 nitrogen and oxygen atoms in total. The second-order valence-electron chi connectivity index (χ2n) is 8.73. The molecule has 6 rings (SSSR count). The highest BCUT2D eigenvalue weighted by Crippen LogP contribution is 2.34. The van der Waals surface area contributed by atoms with E-state index in [9.17, 15) is 20.2 Å². The number of non-ortho nitro benzene ring substituents is 2. The number of benzene rings is 2. The van der Waals surface area contributed by atoms with Gasteiger partial charge in [-0.2, -0.15) is 10.2 Å². The predicted octanol–water partition coefficient (Wildman–Crippen LogP) is 5.33. The van der Waals surface area contributed by atoms with Crippen LogP contribution >= 0.6 is 0 Å². The molecule has 170 valence electrons. The Morgan fingerprint density at radius 1 is 0.676 bits per heavy atom. The van der Waals surface area contributed by atoms with E-state index in [1.165, 1.54) is 12.1 Å². The number of rotatable bonds is 3. The minimum atomic E-state index is -0.377. The molecule has 0 spiro atoms. The van der Waals surface area contributed by atoms with Gasteiger partial charge in [0.2, 0.25) is 0 Å². The first-order valence-corrected chi connectivity index (χ1v) is 11.2. The molecule has 10 heteroatoms. The number of nitro groups is 2. The summed E-state index contributed by atoms with van der Waals surface area (Å²) in [4.78, 5) is 28.4. The average molecular weight is 456 g/mol. The van der Waals surface area contributed by atoms with Gasteiger partial charge in [-0.25, -0.2) is 0 Å². The van der Waals surface area contributed by atoms with Gasteiger partial charge >= 0.3 is 0 Å². The molecule has 0 aliphatic heterocycles. The maximum atomic E-state index is 11.2. The van der Waals surface area contributed by atoms with Crippen LogP contribution in [0.1, 0.15) is 48.2 Å². The van der Waals surface area contributed by atoms with Crippen LogP contribution in [0.3, 0.4) is 0 Å². The predicted molar refractivity (Wildman–Crippen MR) is 129 cm³/mol. The molecule has 4 aromatic rings. The van der Waals surface area contributed by atoms with Crippen LogP contribution in [0.2, 0.25) is 0 Å². The highest BCUT2D eigenvalue weighted by molar-refractivity contribution is 6.09. The molecule has 0 unspecified atom stereocenters. The summed E-state index contributed by atoms with van der Waals surface area (Å²) >= 11 is 0. The lowest BCUT2D eigenvalue weighted by atomic mass is 9.93. The Kier molecular flexibility index (Phi) is 4.54. The quantitative estimate of drug-likeness (QED) is 0.317. The van der Waals surface area contributed by atoms with Crippen molar-refractivity contribution in [3.8, 4) is 0 Å². The van der Waals surface area contributed by atoms with Gasteiger partial charge in [-0.1, -0.05) is 0 Å². The number of H-pyrrole nitrogens is 2. The summed E-state index contributed by atoms with van der Waals surface area (Å²) in [6.07, 6.45) is 4.99. The van der Waals surface area contributed by atoms with E-state index in [1.807, 2.05) is 0 Å². The van der Waals surface area contributed by atoms with Gasteiger partial charge in [-0.3, -0.25) is 20.2 Å². The van der Waals surface area contributed by atoms with E-state index in [2.05, 4.69) is 20.2 Å². The second-order valence-corrected chi connectivity index (χ2v) is 8.73. The number of aromatic amines is 2. The Balaban J connectivity index is 1.42. The third-order valence-electron chi connectivity index (χ3n) is 6.75. The molecule has 0 bridgehead atoms. The average Bonchev–Trinajstić information content (AvgIpc) is 3.40. The first-order chi connectivity index (χ1) is 16.5. The van der Waals surface area contributed by atoms with E-state index < -0.39 is 0 Å². The minimum Gasteiger partial charge on any atom is -0.353 e. The Morgan fingerprint density at radius 2 is 1.12 bits per heavy atom. The fourth-order valence-electron chi connectivity index (χ4n) is 5.15. The van der Waals surface area contributed by atoms with Crippen LogP contribution in [0, 0.1) is 20.2 Å². The van der Waals surface area contributed by atoms with Crippen LogP contribution < -0.4 is 0 Å². The van der Waals surface area contributed by atoms with Crippen molar-refractivity contribution >= 4 is 44.6 Å². The summed E-state index contributed by atoms with van der Waals surface area (Å²) in [5.74, 6) is 0. The van der Waals surface area contributed by atoms with Gasteiger partial charge in [0.1, 0.15) is 0 Å². The van der Waals surface area contributed by atoms with Crippen molar-refractivity contribution in [1.29, 1.82) is 0 Å². The molecule has 2 N–H and O–H groups in total. The van der Waals surface area contributed by atoms with Crippen LogP contribution in [-0.2, 0) is 12.8 Å². The fraction of sp³-hybridized carbons (Fsp3) is 0.250. The summed E-state index contributed by atoms with van der Waals surface area (Å²) < 4.78 is 0. The molecular formula is C24H20N6O4. The van der Waals surface area contributed by atoms with Crippen LogP contribution in [0.25, 0.3) is 21.8 Å². The lowest BCUT2D eigenvalue weighted by Gasteiger charge is -2.15. The molecule has 2 aromatic carbocycles. The fourth-order valence-corrected chi connectivity index (χ4v) is 5.15. The second kappa shape index (κ2) is 7.62. The molecule has 2 aromatic heterocycles. The van der Waals surface area contributed by atoms with E-state index in [0.29, 0.717) is 0 Å². The van der Waals surface area contributed by atoms with Crippen LogP contribution in [-0.4, -0.2) is 31.2 Å². The monoisotopic (exact) mass is 456 g/mol. The largest absolute Gasteiger partial charge is 0.353 e. The molecule has 2 aliphatic carbocycles. The normalized spacial score (nSPS) is 17.9. The van der Waals surface area contributed by atoms with E-state index >= 15 is 0 Å². The highest BCUT2D eigenvalue weighted by Gasteiger charge is 2.24. The van der Waals surface area contributed by atoms with Crippen LogP contribution in [0.4, 0.5) is 11.4 Å². The maximum Gasteiger partial charge on any atom is 0.270 e. The number of hydrogen-bond donors (Lipinski definition) is 2. The number of hydrogen-bond acceptors (Lipinski definition) is 6. The van der Waals surface area contributed by atoms with E-state index in [1.54, 1.807) is 24.3 Å². The van der Waals surface area contributed by atoms with Crippen molar-refractivity contribution in [3.63, 3.8) is 0 Å². The van der Waals surface area contributed by atoms with Crippen molar-refractivity contribution in [2.24, 2.45) is 10.2 Å². The Bertz CT molecular complexity index is 1460. The molecule has 34 heavy (non-hydrogen) atoms. The van der Waals surface area contributed by atoms with E-state index in [-0.39, 0.29) is 21.2 Å². The van der Waals surface area contributed by atoms with Crippen molar-refractivity contribution < 1.29 is 9.85 Å². The zero-order valence-corrected chi connectivity index (χ0v) is 18.1. The van der Waals surface area contributed by atoms with Crippen molar-refractivity contribution in [3.05, 3.63) is 79.1 Å². The molecule has 0 atom stereocenters. The lowest BCUT2D eigenvalue weighted by Crippen LogP contribution is -2.13. The zero-order valence-electron chi connectivity index (χ0n) is 18.1. The summed E-state index contributed by atoms with van der Waals surface area (Å²) in [5.41, 5.74) is 7.43. The number of aromatic nitrogens is 2. The molecular weight excluding hydrogens is 436 g/mol. The summed E-state index contributed by atoms with van der Waals surface area (Å²) in [7, 11) is 0. The van der Waals surface area contributed by atoms with Gasteiger partial charge in [0.15, 0.2) is 0 Å². The van der Waals surface area contributed by atoms with Gasteiger partial charge in [0.05, 0.1) is 32.7 Å². The number of fused-ring (bicyclic) bond motifs is 6. The zero-order chi connectivity index (χ0) is 23.4. The number of nitrogens with one attached hydrogen (secondary N) is 2. The number of nitro benzene ring substituents is 2. The lowest BCUT2D eigenvalue weighted by molar-refractivity contribution is -0.384. The third kappa shape index (κ3) is 3.18. The Hall–Kier alpha value is -4.34. The first-order valence-electron chi connectivity index (χ1n) is 11.2. The maximum absolute atomic E-state index is 11.2. The highest BCUT2D eigenvalue weighted by atomic mass is 16.6. The van der Waals surface area contributed by atoms with Crippen molar-refractivity contribution in [2.45, 2.75) is 38.5 Å². The molecule has 0 fully saturated rings. The van der Waals surface area contributed by atoms with Crippen molar-refractivity contribution in [2.75, 3.05) is 0 Å². The SMILES string of the molecule is O=[N+]([O-])c1ccc2[nH]c3c(c2c1)CCC/C3=N/N=C1/CCCc2c1[nH]c1ccc([N+](=O)[O-])cc21. The Morgan fingerprint density at radius 3 is 1.53 bits per heavy atom. The molecule has 2 aliphatic rings.